The third-order valence-corrected chi connectivity index (χ3v) is 4.35. The molecule has 2 nitrogen and oxygen atoms in total. The molecule has 2 rings (SSSR count). The maximum atomic E-state index is 12.4. The second-order valence-electron chi connectivity index (χ2n) is 3.98. The first kappa shape index (κ1) is 17.0. The fourth-order valence-corrected chi connectivity index (χ4v) is 3.00. The van der Waals surface area contributed by atoms with E-state index >= 15 is 0 Å². The summed E-state index contributed by atoms with van der Waals surface area (Å²) in [6.45, 7) is 0. The van der Waals surface area contributed by atoms with Crippen molar-refractivity contribution in [1.29, 1.82) is 0 Å². The normalized spacial score (nSPS) is 11.3. The average molecular weight is 367 g/mol. The fourth-order valence-electron chi connectivity index (χ4n) is 1.58. The molecule has 8 heteroatoms. The molecule has 0 aliphatic heterocycles. The molecule has 0 heterocycles. The number of hydrogen-bond acceptors (Lipinski definition) is 3. The summed E-state index contributed by atoms with van der Waals surface area (Å²) in [5, 5.41) is -0.185. The Bertz CT molecular complexity index is 684. The molecule has 0 spiro atoms. The van der Waals surface area contributed by atoms with Crippen molar-refractivity contribution in [3.8, 4) is 5.75 Å². The van der Waals surface area contributed by atoms with Gasteiger partial charge in [-0.25, -0.2) is 0 Å². The summed E-state index contributed by atoms with van der Waals surface area (Å²) in [5.41, 5.74) is -0.221. The summed E-state index contributed by atoms with van der Waals surface area (Å²) in [6.07, 6.45) is -4.89. The van der Waals surface area contributed by atoms with E-state index in [-0.39, 0.29) is 20.5 Å². The van der Waals surface area contributed by atoms with E-state index in [0.717, 1.165) is 6.07 Å². The number of benzene rings is 2. The Hall–Kier alpha value is -1.37. The molecule has 116 valence electrons. The van der Waals surface area contributed by atoms with Crippen LogP contribution >= 0.6 is 35.0 Å². The molecule has 2 aromatic carbocycles. The van der Waals surface area contributed by atoms with Gasteiger partial charge in [0.2, 0.25) is 5.12 Å². The van der Waals surface area contributed by atoms with Crippen molar-refractivity contribution in [3.05, 3.63) is 58.1 Å². The van der Waals surface area contributed by atoms with E-state index in [1.807, 2.05) is 0 Å². The van der Waals surface area contributed by atoms with Gasteiger partial charge in [0, 0.05) is 0 Å². The Morgan fingerprint density at radius 3 is 2.18 bits per heavy atom. The minimum absolute atomic E-state index is 0.221. The van der Waals surface area contributed by atoms with Gasteiger partial charge in [-0.2, -0.15) is 0 Å². The van der Waals surface area contributed by atoms with Crippen LogP contribution in [0, 0.1) is 0 Å². The lowest BCUT2D eigenvalue weighted by atomic mass is 10.2. The number of thioether (sulfide) groups is 1. The molecule has 0 radical (unpaired) electrons. The molecule has 0 aliphatic carbocycles. The third kappa shape index (κ3) is 4.32. The SMILES string of the molecule is O=C(Sc1c(Cl)cccc1Cl)c1ccccc1OC(F)(F)F. The van der Waals surface area contributed by atoms with Crippen molar-refractivity contribution in [3.63, 3.8) is 0 Å². The van der Waals surface area contributed by atoms with Crippen LogP contribution in [-0.4, -0.2) is 11.5 Å². The quantitative estimate of drug-likeness (QED) is 0.639. The largest absolute Gasteiger partial charge is 0.573 e. The van der Waals surface area contributed by atoms with Gasteiger partial charge in [0.1, 0.15) is 5.75 Å². The van der Waals surface area contributed by atoms with Crippen molar-refractivity contribution in [2.45, 2.75) is 11.3 Å². The Balaban J connectivity index is 2.31. The van der Waals surface area contributed by atoms with Crippen LogP contribution < -0.4 is 4.74 Å². The van der Waals surface area contributed by atoms with Gasteiger partial charge in [-0.3, -0.25) is 4.79 Å². The zero-order chi connectivity index (χ0) is 16.3. The van der Waals surface area contributed by atoms with E-state index in [1.165, 1.54) is 30.3 Å². The predicted molar refractivity (Wildman–Crippen MR) is 79.8 cm³/mol. The minimum Gasteiger partial charge on any atom is -0.405 e. The zero-order valence-corrected chi connectivity index (χ0v) is 13.0. The molecule has 0 atom stereocenters. The van der Waals surface area contributed by atoms with Crippen LogP contribution in [0.1, 0.15) is 10.4 Å². The maximum Gasteiger partial charge on any atom is 0.573 e. The summed E-state index contributed by atoms with van der Waals surface area (Å²) in [6, 6.07) is 9.73. The van der Waals surface area contributed by atoms with Crippen LogP contribution in [0.4, 0.5) is 13.2 Å². The van der Waals surface area contributed by atoms with E-state index in [2.05, 4.69) is 4.74 Å². The summed E-state index contributed by atoms with van der Waals surface area (Å²) >= 11 is 12.5. The van der Waals surface area contributed by atoms with Crippen LogP contribution in [0.2, 0.25) is 10.0 Å². The molecular weight excluding hydrogens is 360 g/mol. The number of halogens is 5. The standard InChI is InChI=1S/C14H7Cl2F3O2S/c15-9-5-3-6-10(16)12(9)22-13(20)8-4-1-2-7-11(8)21-14(17,18)19/h1-7H. The van der Waals surface area contributed by atoms with Crippen molar-refractivity contribution < 1.29 is 22.7 Å². The summed E-state index contributed by atoms with van der Waals surface area (Å²) in [5.74, 6) is -0.573. The molecule has 2 aromatic rings. The molecule has 0 aliphatic rings. The Kier molecular flexibility index (Phi) is 5.26. The lowest BCUT2D eigenvalue weighted by molar-refractivity contribution is -0.274. The van der Waals surface area contributed by atoms with Crippen LogP contribution in [0.25, 0.3) is 0 Å². The molecule has 0 unspecified atom stereocenters. The van der Waals surface area contributed by atoms with E-state index in [0.29, 0.717) is 11.8 Å². The molecule has 0 saturated carbocycles. The lowest BCUT2D eigenvalue weighted by Gasteiger charge is -2.12. The van der Waals surface area contributed by atoms with Gasteiger partial charge in [-0.1, -0.05) is 41.4 Å². The molecule has 0 aromatic heterocycles. The van der Waals surface area contributed by atoms with Gasteiger partial charge < -0.3 is 4.74 Å². The highest BCUT2D eigenvalue weighted by molar-refractivity contribution is 8.14. The molecule has 0 saturated heterocycles. The first-order chi connectivity index (χ1) is 10.3. The third-order valence-electron chi connectivity index (χ3n) is 2.45. The van der Waals surface area contributed by atoms with E-state index < -0.39 is 17.2 Å². The monoisotopic (exact) mass is 366 g/mol. The van der Waals surface area contributed by atoms with Crippen LogP contribution in [0.5, 0.6) is 5.75 Å². The Morgan fingerprint density at radius 2 is 1.59 bits per heavy atom. The highest BCUT2D eigenvalue weighted by Gasteiger charge is 2.33. The minimum atomic E-state index is -4.89. The first-order valence-corrected chi connectivity index (χ1v) is 7.36. The lowest BCUT2D eigenvalue weighted by Crippen LogP contribution is -2.18. The van der Waals surface area contributed by atoms with Gasteiger partial charge >= 0.3 is 6.36 Å². The van der Waals surface area contributed by atoms with Crippen LogP contribution in [-0.2, 0) is 0 Å². The number of para-hydroxylation sites is 1. The molecular formula is C14H7Cl2F3O2S. The molecule has 0 bridgehead atoms. The number of hydrogen-bond donors (Lipinski definition) is 0. The summed E-state index contributed by atoms with van der Waals surface area (Å²) in [4.78, 5) is 12.5. The number of rotatable bonds is 3. The highest BCUT2D eigenvalue weighted by Crippen LogP contribution is 2.37. The van der Waals surface area contributed by atoms with Crippen molar-refractivity contribution in [1.82, 2.24) is 0 Å². The second-order valence-corrected chi connectivity index (χ2v) is 5.78. The van der Waals surface area contributed by atoms with Gasteiger partial charge in [-0.05, 0) is 36.0 Å². The number of ether oxygens (including phenoxy) is 1. The van der Waals surface area contributed by atoms with E-state index in [9.17, 15) is 18.0 Å². The molecule has 0 amide bonds. The van der Waals surface area contributed by atoms with Gasteiger partial charge in [0.25, 0.3) is 0 Å². The van der Waals surface area contributed by atoms with Crippen molar-refractivity contribution in [2.75, 3.05) is 0 Å². The first-order valence-electron chi connectivity index (χ1n) is 5.79. The van der Waals surface area contributed by atoms with Crippen LogP contribution in [0.15, 0.2) is 47.4 Å². The second kappa shape index (κ2) is 6.81. The Morgan fingerprint density at radius 1 is 1.00 bits per heavy atom. The van der Waals surface area contributed by atoms with E-state index in [4.69, 9.17) is 23.2 Å². The fraction of sp³-hybridized carbons (Fsp3) is 0.0714. The van der Waals surface area contributed by atoms with Crippen LogP contribution in [0.3, 0.4) is 0 Å². The maximum absolute atomic E-state index is 12.4. The molecule has 0 N–H and O–H groups in total. The highest BCUT2D eigenvalue weighted by atomic mass is 35.5. The number of alkyl halides is 3. The Labute approximate surface area is 138 Å². The topological polar surface area (TPSA) is 26.3 Å². The smallest absolute Gasteiger partial charge is 0.405 e. The molecule has 0 fully saturated rings. The molecule has 22 heavy (non-hydrogen) atoms. The summed E-state index contributed by atoms with van der Waals surface area (Å²) < 4.78 is 40.9. The van der Waals surface area contributed by atoms with Gasteiger partial charge in [0.05, 0.1) is 20.5 Å². The van der Waals surface area contributed by atoms with E-state index in [1.54, 1.807) is 6.07 Å². The number of carbonyl (C=O) groups is 1. The summed E-state index contributed by atoms with van der Waals surface area (Å²) in [7, 11) is 0. The van der Waals surface area contributed by atoms with Crippen molar-refractivity contribution in [2.24, 2.45) is 0 Å². The van der Waals surface area contributed by atoms with Gasteiger partial charge in [-0.15, -0.1) is 13.2 Å². The van der Waals surface area contributed by atoms with Gasteiger partial charge in [0.15, 0.2) is 0 Å². The predicted octanol–water partition coefficient (Wildman–Crippen LogP) is 5.82. The average Bonchev–Trinajstić information content (AvgIpc) is 2.41. The van der Waals surface area contributed by atoms with Crippen molar-refractivity contribution >= 4 is 40.1 Å². The number of carbonyl (C=O) groups excluding carboxylic acids is 1. The zero-order valence-electron chi connectivity index (χ0n) is 10.7.